The van der Waals surface area contributed by atoms with Crippen molar-refractivity contribution in [2.24, 2.45) is 5.92 Å². The first-order valence-electron chi connectivity index (χ1n) is 6.30. The largest absolute Gasteiger partial charge is 0.389 e. The van der Waals surface area contributed by atoms with E-state index in [1.165, 1.54) is 0 Å². The normalized spacial score (nSPS) is 14.8. The molecule has 0 nitrogen and oxygen atoms in total. The molecule has 18 heavy (non-hydrogen) atoms. The van der Waals surface area contributed by atoms with Crippen LogP contribution in [0.3, 0.4) is 0 Å². The molecule has 0 fully saturated rings. The highest BCUT2D eigenvalue weighted by Crippen LogP contribution is 2.43. The molecule has 110 valence electrons. The van der Waals surface area contributed by atoms with Crippen molar-refractivity contribution in [1.82, 2.24) is 0 Å². The van der Waals surface area contributed by atoms with Gasteiger partial charge in [0.15, 0.2) is 3.79 Å². The molecule has 0 amide bonds. The van der Waals surface area contributed by atoms with Crippen LogP contribution in [0.2, 0.25) is 0 Å². The number of hydrogen-bond donors (Lipinski definition) is 0. The molecule has 0 aromatic heterocycles. The third-order valence-corrected chi connectivity index (χ3v) is 3.77. The second kappa shape index (κ2) is 8.76. The van der Waals surface area contributed by atoms with Crippen molar-refractivity contribution in [3.8, 4) is 0 Å². The summed E-state index contributed by atoms with van der Waals surface area (Å²) >= 11 is 16.8. The highest BCUT2D eigenvalue weighted by Gasteiger charge is 2.41. The number of alkyl halides is 6. The molecule has 0 radical (unpaired) electrons. The molecule has 1 atom stereocenters. The Hall–Kier alpha value is 0.660. The Morgan fingerprint density at radius 2 is 1.39 bits per heavy atom. The van der Waals surface area contributed by atoms with Crippen molar-refractivity contribution < 1.29 is 13.2 Å². The maximum Gasteiger partial charge on any atom is 0.389 e. The topological polar surface area (TPSA) is 0 Å². The van der Waals surface area contributed by atoms with Crippen LogP contribution < -0.4 is 0 Å². The number of hydrogen-bond acceptors (Lipinski definition) is 0. The van der Waals surface area contributed by atoms with E-state index in [0.29, 0.717) is 12.8 Å². The Balaban J connectivity index is 3.96. The molecule has 0 rings (SSSR count). The molecule has 1 unspecified atom stereocenters. The van der Waals surface area contributed by atoms with Crippen molar-refractivity contribution in [2.45, 2.75) is 68.3 Å². The maximum atomic E-state index is 12.3. The number of rotatable bonds is 8. The predicted octanol–water partition coefficient (Wildman–Crippen LogP) is 6.68. The van der Waals surface area contributed by atoms with Crippen LogP contribution in [0.4, 0.5) is 13.2 Å². The summed E-state index contributed by atoms with van der Waals surface area (Å²) in [5.74, 6) is -0.950. The molecule has 0 aliphatic carbocycles. The minimum Gasteiger partial charge on any atom is -0.171 e. The summed E-state index contributed by atoms with van der Waals surface area (Å²) in [7, 11) is 0. The summed E-state index contributed by atoms with van der Waals surface area (Å²) in [6, 6.07) is 0. The Labute approximate surface area is 122 Å². The highest BCUT2D eigenvalue weighted by atomic mass is 35.6. The van der Waals surface area contributed by atoms with Crippen LogP contribution in [0.15, 0.2) is 0 Å². The molecule has 0 aromatic rings. The monoisotopic (exact) mass is 326 g/mol. The molecular formula is C12H20Cl3F3. The molecule has 0 spiro atoms. The van der Waals surface area contributed by atoms with Crippen molar-refractivity contribution in [3.05, 3.63) is 0 Å². The van der Waals surface area contributed by atoms with Crippen LogP contribution in [0.25, 0.3) is 0 Å². The van der Waals surface area contributed by atoms with Crippen molar-refractivity contribution >= 4 is 34.8 Å². The average molecular weight is 328 g/mol. The lowest BCUT2D eigenvalue weighted by Gasteiger charge is -2.25. The zero-order valence-electron chi connectivity index (χ0n) is 10.5. The van der Waals surface area contributed by atoms with Gasteiger partial charge in [0.05, 0.1) is 6.42 Å². The lowest BCUT2D eigenvalue weighted by molar-refractivity contribution is -0.144. The van der Waals surface area contributed by atoms with Crippen molar-refractivity contribution in [2.75, 3.05) is 0 Å². The first-order valence-corrected chi connectivity index (χ1v) is 7.43. The van der Waals surface area contributed by atoms with Gasteiger partial charge in [-0.05, 0) is 6.42 Å². The van der Waals surface area contributed by atoms with Gasteiger partial charge in [-0.3, -0.25) is 0 Å². The summed E-state index contributed by atoms with van der Waals surface area (Å²) in [4.78, 5) is 0. The maximum absolute atomic E-state index is 12.3. The van der Waals surface area contributed by atoms with Crippen LogP contribution in [-0.4, -0.2) is 9.97 Å². The van der Waals surface area contributed by atoms with Gasteiger partial charge < -0.3 is 0 Å². The summed E-state index contributed by atoms with van der Waals surface area (Å²) in [6.07, 6.45) is 1.03. The third kappa shape index (κ3) is 10.6. The predicted molar refractivity (Wildman–Crippen MR) is 72.4 cm³/mol. The number of halogens is 6. The molecule has 0 bridgehead atoms. The van der Waals surface area contributed by atoms with Crippen LogP contribution in [0.1, 0.15) is 58.3 Å². The van der Waals surface area contributed by atoms with E-state index in [4.69, 9.17) is 34.8 Å². The lowest BCUT2D eigenvalue weighted by atomic mass is 9.98. The zero-order chi connectivity index (χ0) is 14.2. The molecule has 0 saturated heterocycles. The molecule has 0 aliphatic rings. The van der Waals surface area contributed by atoms with E-state index in [1.54, 1.807) is 0 Å². The van der Waals surface area contributed by atoms with Crippen LogP contribution in [0, 0.1) is 5.92 Å². The van der Waals surface area contributed by atoms with Gasteiger partial charge in [0, 0.05) is 5.92 Å². The van der Waals surface area contributed by atoms with Gasteiger partial charge in [-0.2, -0.15) is 13.2 Å². The SMILES string of the molecule is CCCCCCCCC(CC(F)(F)F)C(Cl)(Cl)Cl. The molecule has 0 heterocycles. The first kappa shape index (κ1) is 18.7. The van der Waals surface area contributed by atoms with E-state index < -0.39 is 22.3 Å². The lowest BCUT2D eigenvalue weighted by Crippen LogP contribution is -2.26. The van der Waals surface area contributed by atoms with Crippen molar-refractivity contribution in [3.63, 3.8) is 0 Å². The molecule has 0 aromatic carbocycles. The molecule has 0 aliphatic heterocycles. The van der Waals surface area contributed by atoms with E-state index >= 15 is 0 Å². The summed E-state index contributed by atoms with van der Waals surface area (Å²) < 4.78 is 35.2. The Morgan fingerprint density at radius 3 is 1.83 bits per heavy atom. The highest BCUT2D eigenvalue weighted by molar-refractivity contribution is 6.67. The Bertz CT molecular complexity index is 212. The fraction of sp³-hybridized carbons (Fsp3) is 1.00. The summed E-state index contributed by atoms with van der Waals surface area (Å²) in [5.41, 5.74) is 0. The summed E-state index contributed by atoms with van der Waals surface area (Å²) in [6.45, 7) is 2.11. The van der Waals surface area contributed by atoms with Gasteiger partial charge >= 0.3 is 6.18 Å². The van der Waals surface area contributed by atoms with Gasteiger partial charge in [-0.1, -0.05) is 80.3 Å². The van der Waals surface area contributed by atoms with Gasteiger partial charge in [0.1, 0.15) is 0 Å². The zero-order valence-corrected chi connectivity index (χ0v) is 12.8. The average Bonchev–Trinajstić information content (AvgIpc) is 2.18. The van der Waals surface area contributed by atoms with Gasteiger partial charge in [0.2, 0.25) is 0 Å². The van der Waals surface area contributed by atoms with Crippen LogP contribution in [0.5, 0.6) is 0 Å². The molecular weight excluding hydrogens is 307 g/mol. The fourth-order valence-corrected chi connectivity index (χ4v) is 2.39. The van der Waals surface area contributed by atoms with E-state index in [1.807, 2.05) is 0 Å². The second-order valence-corrected chi connectivity index (χ2v) is 6.98. The molecule has 0 N–H and O–H groups in total. The quantitative estimate of drug-likeness (QED) is 0.345. The molecule has 0 saturated carbocycles. The standard InChI is InChI=1S/C12H20Cl3F3/c1-2-3-4-5-6-7-8-10(12(13,14)15)9-11(16,17)18/h10H,2-9H2,1H3. The van der Waals surface area contributed by atoms with Crippen molar-refractivity contribution in [1.29, 1.82) is 0 Å². The van der Waals surface area contributed by atoms with E-state index in [9.17, 15) is 13.2 Å². The molecule has 6 heteroatoms. The fourth-order valence-electron chi connectivity index (χ4n) is 1.83. The van der Waals surface area contributed by atoms with E-state index in [0.717, 1.165) is 32.1 Å². The van der Waals surface area contributed by atoms with Crippen LogP contribution in [-0.2, 0) is 0 Å². The number of unbranched alkanes of at least 4 members (excludes halogenated alkanes) is 5. The minimum atomic E-state index is -4.28. The minimum absolute atomic E-state index is 0.308. The first-order chi connectivity index (χ1) is 8.17. The summed E-state index contributed by atoms with van der Waals surface area (Å²) in [5, 5.41) is 0. The smallest absolute Gasteiger partial charge is 0.171 e. The van der Waals surface area contributed by atoms with E-state index in [-0.39, 0.29) is 0 Å². The van der Waals surface area contributed by atoms with Gasteiger partial charge in [0.25, 0.3) is 0 Å². The Morgan fingerprint density at radius 1 is 0.889 bits per heavy atom. The van der Waals surface area contributed by atoms with E-state index in [2.05, 4.69) is 6.92 Å². The van der Waals surface area contributed by atoms with Gasteiger partial charge in [-0.15, -0.1) is 0 Å². The third-order valence-electron chi connectivity index (χ3n) is 2.85. The Kier molecular flexibility index (Phi) is 9.08. The van der Waals surface area contributed by atoms with Crippen LogP contribution >= 0.6 is 34.8 Å². The van der Waals surface area contributed by atoms with Gasteiger partial charge in [-0.25, -0.2) is 0 Å². The second-order valence-electron chi connectivity index (χ2n) is 4.61.